The van der Waals surface area contributed by atoms with Gasteiger partial charge < -0.3 is 4.90 Å². The van der Waals surface area contributed by atoms with Crippen LogP contribution >= 0.6 is 0 Å². The largest absolute Gasteiger partial charge is 0.302 e. The Kier molecular flexibility index (Phi) is 3.71. The van der Waals surface area contributed by atoms with Crippen molar-refractivity contribution in [1.82, 2.24) is 9.62 Å². The van der Waals surface area contributed by atoms with E-state index >= 15 is 0 Å². The predicted molar refractivity (Wildman–Crippen MR) is 76.3 cm³/mol. The van der Waals surface area contributed by atoms with Gasteiger partial charge in [0, 0.05) is 19.6 Å². The first-order valence-electron chi connectivity index (χ1n) is 7.47. The van der Waals surface area contributed by atoms with Crippen LogP contribution in [-0.4, -0.2) is 44.7 Å². The number of hydrogen-bond donors (Lipinski definition) is 1. The molecule has 3 rings (SSSR count). The van der Waals surface area contributed by atoms with Gasteiger partial charge in [-0.15, -0.1) is 0 Å². The molecular weight excluding hydrogens is 260 g/mol. The van der Waals surface area contributed by atoms with Crippen molar-refractivity contribution >= 4 is 10.0 Å². The minimum atomic E-state index is -3.09. The molecule has 0 aromatic carbocycles. The van der Waals surface area contributed by atoms with Crippen LogP contribution in [0.1, 0.15) is 26.2 Å². The molecule has 0 amide bonds. The number of allylic oxidation sites excluding steroid dienone is 2. The molecule has 3 aliphatic rings. The van der Waals surface area contributed by atoms with Crippen LogP contribution in [0.2, 0.25) is 0 Å². The topological polar surface area (TPSA) is 49.4 Å². The van der Waals surface area contributed by atoms with Gasteiger partial charge in [0.1, 0.15) is 0 Å². The summed E-state index contributed by atoms with van der Waals surface area (Å²) in [5.41, 5.74) is 0. The maximum Gasteiger partial charge on any atom is 0.215 e. The highest BCUT2D eigenvalue weighted by molar-refractivity contribution is 7.90. The third-order valence-electron chi connectivity index (χ3n) is 4.92. The Morgan fingerprint density at radius 2 is 2.16 bits per heavy atom. The zero-order chi connectivity index (χ0) is 13.5. The molecule has 5 heteroatoms. The zero-order valence-corrected chi connectivity index (χ0v) is 12.4. The molecule has 4 atom stereocenters. The first-order valence-corrected chi connectivity index (χ1v) is 9.02. The van der Waals surface area contributed by atoms with Gasteiger partial charge >= 0.3 is 0 Å². The summed E-state index contributed by atoms with van der Waals surface area (Å²) in [7, 11) is -3.09. The number of nitrogens with zero attached hydrogens (tertiary/aromatic N) is 1. The van der Waals surface area contributed by atoms with Gasteiger partial charge in [-0.2, -0.15) is 0 Å². The van der Waals surface area contributed by atoms with Gasteiger partial charge in [-0.3, -0.25) is 0 Å². The molecule has 2 aliphatic carbocycles. The summed E-state index contributed by atoms with van der Waals surface area (Å²) in [6, 6.07) is 0. The van der Waals surface area contributed by atoms with Crippen LogP contribution in [0.4, 0.5) is 0 Å². The number of fused-ring (bicyclic) bond motifs is 2. The SMILES string of the molecule is CCNS(=O)(=O)C1CCN(CC2CC3C=CC2C3)C1. The van der Waals surface area contributed by atoms with Gasteiger partial charge in [-0.05, 0) is 43.6 Å². The second-order valence-electron chi connectivity index (χ2n) is 6.25. The normalized spacial score (nSPS) is 38.4. The Balaban J connectivity index is 1.54. The Labute approximate surface area is 116 Å². The van der Waals surface area contributed by atoms with Crippen molar-refractivity contribution in [2.24, 2.45) is 17.8 Å². The van der Waals surface area contributed by atoms with Crippen molar-refractivity contribution in [2.75, 3.05) is 26.2 Å². The molecule has 1 N–H and O–H groups in total. The molecule has 0 radical (unpaired) electrons. The summed E-state index contributed by atoms with van der Waals surface area (Å²) in [4.78, 5) is 2.36. The van der Waals surface area contributed by atoms with Crippen LogP contribution in [-0.2, 0) is 10.0 Å². The lowest BCUT2D eigenvalue weighted by Gasteiger charge is -2.24. The molecule has 0 spiro atoms. The van der Waals surface area contributed by atoms with Gasteiger partial charge in [0.25, 0.3) is 0 Å². The van der Waals surface area contributed by atoms with Gasteiger partial charge in [0.05, 0.1) is 5.25 Å². The number of rotatable bonds is 5. The molecular formula is C14H24N2O2S. The second kappa shape index (κ2) is 5.19. The highest BCUT2D eigenvalue weighted by Gasteiger charge is 2.39. The van der Waals surface area contributed by atoms with Gasteiger partial charge in [0.15, 0.2) is 0 Å². The third kappa shape index (κ3) is 2.73. The van der Waals surface area contributed by atoms with Crippen LogP contribution < -0.4 is 4.72 Å². The van der Waals surface area contributed by atoms with E-state index in [0.717, 1.165) is 37.3 Å². The summed E-state index contributed by atoms with van der Waals surface area (Å²) >= 11 is 0. The summed E-state index contributed by atoms with van der Waals surface area (Å²) in [6.45, 7) is 5.07. The molecule has 0 aromatic rings. The lowest BCUT2D eigenvalue weighted by Crippen LogP contribution is -2.37. The van der Waals surface area contributed by atoms with Gasteiger partial charge in [-0.1, -0.05) is 19.1 Å². The monoisotopic (exact) mass is 284 g/mol. The molecule has 2 fully saturated rings. The first-order chi connectivity index (χ1) is 9.08. The minimum Gasteiger partial charge on any atom is -0.302 e. The number of nitrogens with one attached hydrogen (secondary N) is 1. The van der Waals surface area contributed by atoms with Crippen LogP contribution in [0.15, 0.2) is 12.2 Å². The van der Waals surface area contributed by atoms with E-state index in [1.54, 1.807) is 0 Å². The molecule has 1 heterocycles. The highest BCUT2D eigenvalue weighted by Crippen LogP contribution is 2.43. The molecule has 4 unspecified atom stereocenters. The zero-order valence-electron chi connectivity index (χ0n) is 11.6. The van der Waals surface area contributed by atoms with E-state index < -0.39 is 10.0 Å². The van der Waals surface area contributed by atoms with E-state index in [1.165, 1.54) is 12.8 Å². The predicted octanol–water partition coefficient (Wildman–Crippen LogP) is 1.21. The first kappa shape index (κ1) is 13.6. The van der Waals surface area contributed by atoms with E-state index in [1.807, 2.05) is 6.92 Å². The molecule has 2 bridgehead atoms. The lowest BCUT2D eigenvalue weighted by molar-refractivity contribution is 0.255. The van der Waals surface area contributed by atoms with Crippen LogP contribution in [0.3, 0.4) is 0 Å². The molecule has 1 saturated carbocycles. The van der Waals surface area contributed by atoms with Crippen LogP contribution in [0, 0.1) is 17.8 Å². The third-order valence-corrected chi connectivity index (χ3v) is 6.88. The second-order valence-corrected chi connectivity index (χ2v) is 8.30. The average molecular weight is 284 g/mol. The van der Waals surface area contributed by atoms with Gasteiger partial charge in [0.2, 0.25) is 10.0 Å². The maximum atomic E-state index is 12.0. The fourth-order valence-electron chi connectivity index (χ4n) is 3.97. The molecule has 0 aromatic heterocycles. The van der Waals surface area contributed by atoms with Crippen molar-refractivity contribution in [3.05, 3.63) is 12.2 Å². The molecule has 108 valence electrons. The van der Waals surface area contributed by atoms with E-state index in [0.29, 0.717) is 13.1 Å². The number of sulfonamides is 1. The van der Waals surface area contributed by atoms with Crippen molar-refractivity contribution in [3.8, 4) is 0 Å². The number of likely N-dealkylation sites (tertiary alicyclic amines) is 1. The molecule has 19 heavy (non-hydrogen) atoms. The molecule has 1 aliphatic heterocycles. The maximum absolute atomic E-state index is 12.0. The smallest absolute Gasteiger partial charge is 0.215 e. The summed E-state index contributed by atoms with van der Waals surface area (Å²) in [6.07, 6.45) is 8.16. The van der Waals surface area contributed by atoms with Crippen LogP contribution in [0.5, 0.6) is 0 Å². The Bertz CT molecular complexity index is 460. The van der Waals surface area contributed by atoms with Crippen molar-refractivity contribution in [1.29, 1.82) is 0 Å². The summed E-state index contributed by atoms with van der Waals surface area (Å²) in [5.74, 6) is 2.32. The van der Waals surface area contributed by atoms with Crippen molar-refractivity contribution in [3.63, 3.8) is 0 Å². The molecule has 4 nitrogen and oxygen atoms in total. The van der Waals surface area contributed by atoms with Crippen molar-refractivity contribution < 1.29 is 8.42 Å². The quantitative estimate of drug-likeness (QED) is 0.772. The molecule has 1 saturated heterocycles. The fourth-order valence-corrected chi connectivity index (χ4v) is 5.43. The Morgan fingerprint density at radius 3 is 2.79 bits per heavy atom. The summed E-state index contributed by atoms with van der Waals surface area (Å²) in [5, 5.41) is -0.207. The van der Waals surface area contributed by atoms with Gasteiger partial charge in [-0.25, -0.2) is 13.1 Å². The fraction of sp³-hybridized carbons (Fsp3) is 0.857. The van der Waals surface area contributed by atoms with Crippen LogP contribution in [0.25, 0.3) is 0 Å². The average Bonchev–Trinajstić information content (AvgIpc) is 3.04. The van der Waals surface area contributed by atoms with E-state index in [4.69, 9.17) is 0 Å². The Morgan fingerprint density at radius 1 is 1.32 bits per heavy atom. The van der Waals surface area contributed by atoms with E-state index in [2.05, 4.69) is 21.8 Å². The van der Waals surface area contributed by atoms with E-state index in [-0.39, 0.29) is 5.25 Å². The summed E-state index contributed by atoms with van der Waals surface area (Å²) < 4.78 is 26.6. The standard InChI is InChI=1S/C14H24N2O2S/c1-2-15-19(17,18)14-5-6-16(10-14)9-13-8-11-3-4-12(13)7-11/h3-4,11-15H,2,5-10H2,1H3. The van der Waals surface area contributed by atoms with Crippen molar-refractivity contribution in [2.45, 2.75) is 31.4 Å². The highest BCUT2D eigenvalue weighted by atomic mass is 32.2. The van der Waals surface area contributed by atoms with E-state index in [9.17, 15) is 8.42 Å². The minimum absolute atomic E-state index is 0.207. The lowest BCUT2D eigenvalue weighted by atomic mass is 9.93. The number of hydrogen-bond acceptors (Lipinski definition) is 3. The Hall–Kier alpha value is -0.390.